The second kappa shape index (κ2) is 5.87. The summed E-state index contributed by atoms with van der Waals surface area (Å²) in [6, 6.07) is 6.42. The maximum atomic E-state index is 12.2. The van der Waals surface area contributed by atoms with Gasteiger partial charge in [-0.05, 0) is 38.1 Å². The zero-order valence-corrected chi connectivity index (χ0v) is 12.1. The Hall–Kier alpha value is -2.15. The number of nitrogens with one attached hydrogen (secondary N) is 2. The molecule has 0 atom stereocenters. The molecule has 0 aliphatic heterocycles. The molecule has 20 heavy (non-hydrogen) atoms. The van der Waals surface area contributed by atoms with Crippen LogP contribution in [0, 0.1) is 6.92 Å². The molecule has 0 aromatic carbocycles. The molecule has 2 aromatic heterocycles. The molecule has 2 N–H and O–H groups in total. The monoisotopic (exact) mass is 292 g/mol. The van der Waals surface area contributed by atoms with Crippen LogP contribution in [0.1, 0.15) is 12.6 Å². The molecule has 0 radical (unpaired) electrons. The van der Waals surface area contributed by atoms with Crippen LogP contribution in [-0.4, -0.2) is 24.9 Å². The normalized spacial score (nSPS) is 11.1. The lowest BCUT2D eigenvalue weighted by molar-refractivity contribution is 0.601. The number of aromatic nitrogens is 2. The molecule has 0 spiro atoms. The van der Waals surface area contributed by atoms with Gasteiger partial charge in [-0.15, -0.1) is 0 Å². The van der Waals surface area contributed by atoms with Crippen molar-refractivity contribution in [2.75, 3.05) is 16.6 Å². The van der Waals surface area contributed by atoms with Gasteiger partial charge in [0.25, 0.3) is 10.0 Å². The minimum Gasteiger partial charge on any atom is -0.370 e. The predicted octanol–water partition coefficient (Wildman–Crippen LogP) is 2.02. The van der Waals surface area contributed by atoms with Crippen LogP contribution in [0.3, 0.4) is 0 Å². The van der Waals surface area contributed by atoms with Crippen LogP contribution < -0.4 is 10.0 Å². The predicted molar refractivity (Wildman–Crippen MR) is 78.2 cm³/mol. The first kappa shape index (κ1) is 14.3. The Morgan fingerprint density at radius 3 is 2.60 bits per heavy atom. The molecule has 0 saturated carbocycles. The second-order valence-electron chi connectivity index (χ2n) is 4.20. The molecule has 0 aliphatic carbocycles. The molecule has 7 heteroatoms. The van der Waals surface area contributed by atoms with Gasteiger partial charge in [0.05, 0.1) is 5.69 Å². The number of anilines is 2. The molecule has 0 bridgehead atoms. The van der Waals surface area contributed by atoms with Crippen molar-refractivity contribution in [1.29, 1.82) is 0 Å². The van der Waals surface area contributed by atoms with Gasteiger partial charge in [-0.3, -0.25) is 9.71 Å². The van der Waals surface area contributed by atoms with E-state index in [1.54, 1.807) is 31.3 Å². The van der Waals surface area contributed by atoms with Gasteiger partial charge >= 0.3 is 0 Å². The lowest BCUT2D eigenvalue weighted by Crippen LogP contribution is -2.13. The average Bonchev–Trinajstić information content (AvgIpc) is 2.39. The Morgan fingerprint density at radius 2 is 2.00 bits per heavy atom. The van der Waals surface area contributed by atoms with Crippen LogP contribution >= 0.6 is 0 Å². The third-order valence-corrected chi connectivity index (χ3v) is 3.92. The smallest absolute Gasteiger partial charge is 0.263 e. The molecule has 2 heterocycles. The molecular weight excluding hydrogens is 276 g/mol. The number of hydrogen-bond acceptors (Lipinski definition) is 5. The second-order valence-corrected chi connectivity index (χ2v) is 5.88. The summed E-state index contributed by atoms with van der Waals surface area (Å²) in [5.41, 5.74) is 1.22. The van der Waals surface area contributed by atoms with Crippen LogP contribution in [0.2, 0.25) is 0 Å². The van der Waals surface area contributed by atoms with E-state index in [0.717, 1.165) is 12.2 Å². The molecule has 0 fully saturated rings. The fourth-order valence-electron chi connectivity index (χ4n) is 1.65. The van der Waals surface area contributed by atoms with Crippen molar-refractivity contribution in [2.45, 2.75) is 18.7 Å². The largest absolute Gasteiger partial charge is 0.370 e. The summed E-state index contributed by atoms with van der Waals surface area (Å²) >= 11 is 0. The van der Waals surface area contributed by atoms with E-state index < -0.39 is 10.0 Å². The molecule has 2 aromatic rings. The topological polar surface area (TPSA) is 84.0 Å². The van der Waals surface area contributed by atoms with Gasteiger partial charge in [-0.1, -0.05) is 0 Å². The van der Waals surface area contributed by atoms with Crippen molar-refractivity contribution in [3.63, 3.8) is 0 Å². The molecule has 0 aliphatic rings. The fraction of sp³-hybridized carbons (Fsp3) is 0.231. The zero-order chi connectivity index (χ0) is 14.6. The van der Waals surface area contributed by atoms with E-state index >= 15 is 0 Å². The molecule has 0 saturated heterocycles. The summed E-state index contributed by atoms with van der Waals surface area (Å²) in [6.45, 7) is 4.47. The van der Waals surface area contributed by atoms with Crippen molar-refractivity contribution in [3.05, 3.63) is 42.4 Å². The van der Waals surface area contributed by atoms with E-state index in [0.29, 0.717) is 11.5 Å². The summed E-state index contributed by atoms with van der Waals surface area (Å²) in [5, 5.41) is 3.01. The molecule has 106 valence electrons. The Bertz CT molecular complexity index is 684. The van der Waals surface area contributed by atoms with Gasteiger partial charge in [0, 0.05) is 24.6 Å². The third kappa shape index (κ3) is 3.45. The van der Waals surface area contributed by atoms with Gasteiger partial charge in [0.1, 0.15) is 10.7 Å². The Kier molecular flexibility index (Phi) is 4.19. The van der Waals surface area contributed by atoms with Gasteiger partial charge in [-0.25, -0.2) is 13.4 Å². The zero-order valence-electron chi connectivity index (χ0n) is 11.3. The SMILES string of the molecule is CCNc1ccc(S(=O)(=O)Nc2ccnc(C)c2)cn1. The highest BCUT2D eigenvalue weighted by Crippen LogP contribution is 2.16. The highest BCUT2D eigenvalue weighted by molar-refractivity contribution is 7.92. The first-order chi connectivity index (χ1) is 9.51. The number of rotatable bonds is 5. The van der Waals surface area contributed by atoms with Gasteiger partial charge in [0.2, 0.25) is 0 Å². The van der Waals surface area contributed by atoms with Crippen molar-refractivity contribution >= 4 is 21.5 Å². The van der Waals surface area contributed by atoms with Gasteiger partial charge in [0.15, 0.2) is 0 Å². The Balaban J connectivity index is 2.21. The Labute approximate surface area is 118 Å². The molecule has 0 amide bonds. The van der Waals surface area contributed by atoms with E-state index in [1.165, 1.54) is 12.3 Å². The maximum Gasteiger partial charge on any atom is 0.263 e. The first-order valence-electron chi connectivity index (χ1n) is 6.16. The minimum atomic E-state index is -3.63. The van der Waals surface area contributed by atoms with Crippen LogP contribution in [0.4, 0.5) is 11.5 Å². The maximum absolute atomic E-state index is 12.2. The standard InChI is InChI=1S/C13H16N4O2S/c1-3-14-13-5-4-12(9-16-13)20(18,19)17-11-6-7-15-10(2)8-11/h4-9H,3H2,1-2H3,(H,14,16)(H,15,17). The molecule has 0 unspecified atom stereocenters. The number of hydrogen-bond donors (Lipinski definition) is 2. The lowest BCUT2D eigenvalue weighted by atomic mass is 10.3. The van der Waals surface area contributed by atoms with Gasteiger partial charge < -0.3 is 5.32 Å². The van der Waals surface area contributed by atoms with Crippen LogP contribution in [0.25, 0.3) is 0 Å². The van der Waals surface area contributed by atoms with Crippen molar-refractivity contribution in [1.82, 2.24) is 9.97 Å². The van der Waals surface area contributed by atoms with Gasteiger partial charge in [-0.2, -0.15) is 0 Å². The molecule has 2 rings (SSSR count). The van der Waals surface area contributed by atoms with E-state index in [9.17, 15) is 8.42 Å². The van der Waals surface area contributed by atoms with E-state index in [-0.39, 0.29) is 4.90 Å². The summed E-state index contributed by atoms with van der Waals surface area (Å²) in [4.78, 5) is 8.19. The van der Waals surface area contributed by atoms with Crippen LogP contribution in [0.15, 0.2) is 41.6 Å². The van der Waals surface area contributed by atoms with Crippen molar-refractivity contribution in [2.24, 2.45) is 0 Å². The highest BCUT2D eigenvalue weighted by atomic mass is 32.2. The number of nitrogens with zero attached hydrogens (tertiary/aromatic N) is 2. The van der Waals surface area contributed by atoms with E-state index in [2.05, 4.69) is 20.0 Å². The summed E-state index contributed by atoms with van der Waals surface area (Å²) < 4.78 is 26.9. The Morgan fingerprint density at radius 1 is 1.20 bits per heavy atom. The molecule has 6 nitrogen and oxygen atoms in total. The third-order valence-electron chi connectivity index (χ3n) is 2.55. The first-order valence-corrected chi connectivity index (χ1v) is 7.65. The van der Waals surface area contributed by atoms with Crippen LogP contribution in [-0.2, 0) is 10.0 Å². The van der Waals surface area contributed by atoms with E-state index in [1.807, 2.05) is 6.92 Å². The lowest BCUT2D eigenvalue weighted by Gasteiger charge is -2.09. The van der Waals surface area contributed by atoms with Crippen LogP contribution in [0.5, 0.6) is 0 Å². The number of aryl methyl sites for hydroxylation is 1. The average molecular weight is 292 g/mol. The fourth-order valence-corrected chi connectivity index (χ4v) is 2.64. The summed E-state index contributed by atoms with van der Waals surface area (Å²) in [7, 11) is -3.63. The number of pyridine rings is 2. The summed E-state index contributed by atoms with van der Waals surface area (Å²) in [5.74, 6) is 0.645. The quantitative estimate of drug-likeness (QED) is 0.880. The minimum absolute atomic E-state index is 0.119. The summed E-state index contributed by atoms with van der Waals surface area (Å²) in [6.07, 6.45) is 2.88. The van der Waals surface area contributed by atoms with E-state index in [4.69, 9.17) is 0 Å². The molecular formula is C13H16N4O2S. The van der Waals surface area contributed by atoms with Crippen molar-refractivity contribution < 1.29 is 8.42 Å². The van der Waals surface area contributed by atoms with Crippen molar-refractivity contribution in [3.8, 4) is 0 Å². The highest BCUT2D eigenvalue weighted by Gasteiger charge is 2.14. The number of sulfonamides is 1.